The molecule has 1 fully saturated rings. The van der Waals surface area contributed by atoms with Crippen LogP contribution < -0.4 is 4.74 Å². The van der Waals surface area contributed by atoms with E-state index in [1.54, 1.807) is 13.3 Å². The SMILES string of the molecule is COc1ccc(-c2ccc3c(-c4ncc(C(=O)N5CCCN(C)CC5)s4)noc3c2)cc1. The Kier molecular flexibility index (Phi) is 5.63. The molecular weight excluding hydrogens is 424 g/mol. The van der Waals surface area contributed by atoms with Crippen LogP contribution in [0.1, 0.15) is 16.1 Å². The minimum atomic E-state index is 0.0404. The molecule has 164 valence electrons. The molecule has 1 aliphatic rings. The van der Waals surface area contributed by atoms with Crippen LogP contribution >= 0.6 is 11.3 Å². The number of benzene rings is 2. The standard InChI is InChI=1S/C24H24N4O3S/c1-27-10-3-11-28(13-12-27)24(29)21-15-25-23(32-21)22-19-9-6-17(14-20(19)31-26-22)16-4-7-18(30-2)8-5-16/h4-9,14-15H,3,10-13H2,1-2H3. The van der Waals surface area contributed by atoms with Gasteiger partial charge in [0, 0.05) is 19.6 Å². The number of hydrogen-bond donors (Lipinski definition) is 0. The monoisotopic (exact) mass is 448 g/mol. The lowest BCUT2D eigenvalue weighted by Crippen LogP contribution is -2.34. The highest BCUT2D eigenvalue weighted by Crippen LogP contribution is 2.34. The van der Waals surface area contributed by atoms with Crippen molar-refractivity contribution in [1.29, 1.82) is 0 Å². The molecule has 2 aromatic carbocycles. The Labute approximate surface area is 190 Å². The third-order valence-electron chi connectivity index (χ3n) is 5.82. The third kappa shape index (κ3) is 3.99. The summed E-state index contributed by atoms with van der Waals surface area (Å²) in [6.07, 6.45) is 2.64. The molecule has 0 atom stereocenters. The van der Waals surface area contributed by atoms with Gasteiger partial charge in [0.15, 0.2) is 5.58 Å². The fraction of sp³-hybridized carbons (Fsp3) is 0.292. The van der Waals surface area contributed by atoms with Crippen LogP contribution in [0, 0.1) is 0 Å². The van der Waals surface area contributed by atoms with Crippen LogP contribution in [-0.2, 0) is 0 Å². The predicted molar refractivity (Wildman–Crippen MR) is 125 cm³/mol. The molecule has 4 aromatic rings. The maximum atomic E-state index is 13.0. The van der Waals surface area contributed by atoms with E-state index >= 15 is 0 Å². The summed E-state index contributed by atoms with van der Waals surface area (Å²) in [5.74, 6) is 0.858. The number of fused-ring (bicyclic) bond motifs is 1. The van der Waals surface area contributed by atoms with Gasteiger partial charge in [-0.3, -0.25) is 4.79 Å². The highest BCUT2D eigenvalue weighted by atomic mass is 32.1. The fourth-order valence-corrected chi connectivity index (χ4v) is 4.82. The van der Waals surface area contributed by atoms with Crippen molar-refractivity contribution in [3.63, 3.8) is 0 Å². The van der Waals surface area contributed by atoms with E-state index in [0.29, 0.717) is 21.2 Å². The molecule has 0 unspecified atom stereocenters. The van der Waals surface area contributed by atoms with Crippen LogP contribution in [0.3, 0.4) is 0 Å². The van der Waals surface area contributed by atoms with Crippen molar-refractivity contribution in [1.82, 2.24) is 19.9 Å². The van der Waals surface area contributed by atoms with Crippen LogP contribution in [0.15, 0.2) is 53.2 Å². The van der Waals surface area contributed by atoms with Gasteiger partial charge in [-0.2, -0.15) is 0 Å². The average Bonchev–Trinajstić information content (AvgIpc) is 3.42. The number of thiazole rings is 1. The molecule has 8 heteroatoms. The lowest BCUT2D eigenvalue weighted by molar-refractivity contribution is 0.0767. The normalized spacial score (nSPS) is 15.1. The quantitative estimate of drug-likeness (QED) is 0.461. The second-order valence-corrected chi connectivity index (χ2v) is 8.98. The minimum absolute atomic E-state index is 0.0404. The van der Waals surface area contributed by atoms with Crippen molar-refractivity contribution in [3.8, 4) is 27.6 Å². The maximum Gasteiger partial charge on any atom is 0.265 e. The fourth-order valence-electron chi connectivity index (χ4n) is 3.94. The van der Waals surface area contributed by atoms with Crippen LogP contribution in [0.4, 0.5) is 0 Å². The Morgan fingerprint density at radius 2 is 1.88 bits per heavy atom. The maximum absolute atomic E-state index is 13.0. The average molecular weight is 449 g/mol. The largest absolute Gasteiger partial charge is 0.497 e. The Morgan fingerprint density at radius 3 is 2.69 bits per heavy atom. The summed E-state index contributed by atoms with van der Waals surface area (Å²) in [5.41, 5.74) is 3.45. The number of amides is 1. The predicted octanol–water partition coefficient (Wildman–Crippen LogP) is 4.40. The Morgan fingerprint density at radius 1 is 1.06 bits per heavy atom. The summed E-state index contributed by atoms with van der Waals surface area (Å²) in [7, 11) is 3.75. The molecule has 32 heavy (non-hydrogen) atoms. The smallest absolute Gasteiger partial charge is 0.265 e. The van der Waals surface area contributed by atoms with Gasteiger partial charge in [0.25, 0.3) is 5.91 Å². The van der Waals surface area contributed by atoms with Crippen LogP contribution in [0.25, 0.3) is 32.8 Å². The zero-order valence-electron chi connectivity index (χ0n) is 18.1. The van der Waals surface area contributed by atoms with Crippen molar-refractivity contribution in [2.24, 2.45) is 0 Å². The number of nitrogens with zero attached hydrogens (tertiary/aromatic N) is 4. The number of aromatic nitrogens is 2. The molecule has 0 saturated carbocycles. The van der Waals surface area contributed by atoms with Crippen LogP contribution in [0.2, 0.25) is 0 Å². The Bertz CT molecular complexity index is 1250. The first-order chi connectivity index (χ1) is 15.6. The molecule has 3 heterocycles. The van der Waals surface area contributed by atoms with Gasteiger partial charge in [0.05, 0.1) is 18.7 Å². The lowest BCUT2D eigenvalue weighted by Gasteiger charge is -2.19. The third-order valence-corrected chi connectivity index (χ3v) is 6.81. The first-order valence-electron chi connectivity index (χ1n) is 10.6. The highest BCUT2D eigenvalue weighted by molar-refractivity contribution is 7.17. The van der Waals surface area contributed by atoms with Gasteiger partial charge < -0.3 is 19.1 Å². The van der Waals surface area contributed by atoms with Crippen molar-refractivity contribution in [3.05, 3.63) is 53.5 Å². The first-order valence-corrected chi connectivity index (χ1v) is 11.4. The zero-order chi connectivity index (χ0) is 22.1. The summed E-state index contributed by atoms with van der Waals surface area (Å²) in [5, 5.41) is 5.83. The zero-order valence-corrected chi connectivity index (χ0v) is 18.9. The molecule has 1 amide bonds. The van der Waals surface area contributed by atoms with E-state index in [-0.39, 0.29) is 5.91 Å². The highest BCUT2D eigenvalue weighted by Gasteiger charge is 2.23. The van der Waals surface area contributed by atoms with Gasteiger partial charge in [0.1, 0.15) is 21.3 Å². The van der Waals surface area contributed by atoms with Gasteiger partial charge in [-0.1, -0.05) is 23.4 Å². The Hall–Kier alpha value is -3.23. The molecule has 0 aliphatic carbocycles. The van der Waals surface area contributed by atoms with Crippen molar-refractivity contribution in [2.75, 3.05) is 40.3 Å². The number of methoxy groups -OCH3 is 1. The molecule has 0 radical (unpaired) electrons. The van der Waals surface area contributed by atoms with Gasteiger partial charge in [-0.15, -0.1) is 11.3 Å². The van der Waals surface area contributed by atoms with Crippen molar-refractivity contribution in [2.45, 2.75) is 6.42 Å². The van der Waals surface area contributed by atoms with E-state index in [1.807, 2.05) is 47.4 Å². The van der Waals surface area contributed by atoms with E-state index in [2.05, 4.69) is 22.1 Å². The lowest BCUT2D eigenvalue weighted by atomic mass is 10.0. The first kappa shape index (κ1) is 20.7. The topological polar surface area (TPSA) is 71.7 Å². The number of likely N-dealkylation sites (N-methyl/N-ethyl adjacent to an activating group) is 1. The van der Waals surface area contributed by atoms with Gasteiger partial charge in [-0.25, -0.2) is 4.98 Å². The summed E-state index contributed by atoms with van der Waals surface area (Å²) >= 11 is 1.37. The van der Waals surface area contributed by atoms with E-state index in [9.17, 15) is 4.79 Å². The van der Waals surface area contributed by atoms with E-state index in [1.165, 1.54) is 11.3 Å². The molecular formula is C24H24N4O3S. The van der Waals surface area contributed by atoms with Crippen molar-refractivity contribution < 1.29 is 14.1 Å². The molecule has 1 saturated heterocycles. The molecule has 7 nitrogen and oxygen atoms in total. The summed E-state index contributed by atoms with van der Waals surface area (Å²) in [4.78, 5) is 22.3. The van der Waals surface area contributed by atoms with E-state index in [4.69, 9.17) is 9.26 Å². The number of carbonyl (C=O) groups excluding carboxylic acids is 1. The number of carbonyl (C=O) groups is 1. The van der Waals surface area contributed by atoms with Gasteiger partial charge >= 0.3 is 0 Å². The minimum Gasteiger partial charge on any atom is -0.497 e. The van der Waals surface area contributed by atoms with Crippen molar-refractivity contribution >= 4 is 28.2 Å². The van der Waals surface area contributed by atoms with Gasteiger partial charge in [0.2, 0.25) is 0 Å². The van der Waals surface area contributed by atoms with Gasteiger partial charge in [-0.05, 0) is 55.4 Å². The summed E-state index contributed by atoms with van der Waals surface area (Å²) < 4.78 is 10.8. The molecule has 0 spiro atoms. The number of hydrogen-bond acceptors (Lipinski definition) is 7. The number of ether oxygens (including phenoxy) is 1. The second-order valence-electron chi connectivity index (χ2n) is 7.95. The summed E-state index contributed by atoms with van der Waals surface area (Å²) in [6.45, 7) is 3.42. The molecule has 0 N–H and O–H groups in total. The van der Waals surface area contributed by atoms with E-state index in [0.717, 1.165) is 54.9 Å². The van der Waals surface area contributed by atoms with E-state index < -0.39 is 0 Å². The molecule has 2 aromatic heterocycles. The molecule has 1 aliphatic heterocycles. The van der Waals surface area contributed by atoms with Crippen LogP contribution in [-0.4, -0.2) is 66.2 Å². The number of rotatable bonds is 4. The summed E-state index contributed by atoms with van der Waals surface area (Å²) in [6, 6.07) is 13.9. The molecule has 5 rings (SSSR count). The van der Waals surface area contributed by atoms with Crippen LogP contribution in [0.5, 0.6) is 5.75 Å². The molecule has 0 bridgehead atoms. The second kappa shape index (κ2) is 8.72. The Balaban J connectivity index is 1.39.